The summed E-state index contributed by atoms with van der Waals surface area (Å²) in [7, 11) is 0. The third kappa shape index (κ3) is 3.31. The van der Waals surface area contributed by atoms with Crippen molar-refractivity contribution in [2.24, 2.45) is 0 Å². The molecule has 0 unspecified atom stereocenters. The van der Waals surface area contributed by atoms with Gasteiger partial charge >= 0.3 is 0 Å². The third-order valence-electron chi connectivity index (χ3n) is 3.04. The first-order valence-corrected chi connectivity index (χ1v) is 7.90. The van der Waals surface area contributed by atoms with Gasteiger partial charge in [-0.1, -0.05) is 37.3 Å². The van der Waals surface area contributed by atoms with Crippen molar-refractivity contribution in [1.82, 2.24) is 9.97 Å². The number of hydrogen-bond acceptors (Lipinski definition) is 5. The fourth-order valence-electron chi connectivity index (χ4n) is 1.98. The molecule has 0 bridgehead atoms. The largest absolute Gasteiger partial charge is 0.472 e. The zero-order valence-electron chi connectivity index (χ0n) is 11.9. The van der Waals surface area contributed by atoms with E-state index in [1.165, 1.54) is 0 Å². The lowest BCUT2D eigenvalue weighted by Crippen LogP contribution is -2.06. The normalized spacial score (nSPS) is 10.7. The number of nitrogens with one attached hydrogen (secondary N) is 1. The average molecular weight is 299 g/mol. The number of nitrogens with zero attached hydrogens (tertiary/aromatic N) is 2. The van der Waals surface area contributed by atoms with E-state index in [-0.39, 0.29) is 0 Å². The first kappa shape index (κ1) is 13.8. The highest BCUT2D eigenvalue weighted by Gasteiger charge is 2.10. The SMILES string of the molecule is CCCNc1nc(OCc2ccccc2)c2ccsc2n1. The van der Waals surface area contributed by atoms with Crippen LogP contribution < -0.4 is 10.1 Å². The van der Waals surface area contributed by atoms with Crippen molar-refractivity contribution in [2.45, 2.75) is 20.0 Å². The van der Waals surface area contributed by atoms with Gasteiger partial charge in [-0.05, 0) is 23.4 Å². The average Bonchev–Trinajstić information content (AvgIpc) is 3.00. The van der Waals surface area contributed by atoms with Crippen molar-refractivity contribution in [3.8, 4) is 5.88 Å². The lowest BCUT2D eigenvalue weighted by atomic mass is 10.2. The molecular weight excluding hydrogens is 282 g/mol. The van der Waals surface area contributed by atoms with E-state index in [1.54, 1.807) is 11.3 Å². The van der Waals surface area contributed by atoms with Crippen LogP contribution >= 0.6 is 11.3 Å². The first-order chi connectivity index (χ1) is 10.4. The van der Waals surface area contributed by atoms with Gasteiger partial charge in [0, 0.05) is 6.54 Å². The Morgan fingerprint density at radius 2 is 2.00 bits per heavy atom. The number of ether oxygens (including phenoxy) is 1. The van der Waals surface area contributed by atoms with Crippen LogP contribution in [0.3, 0.4) is 0 Å². The number of aromatic nitrogens is 2. The van der Waals surface area contributed by atoms with E-state index in [4.69, 9.17) is 4.74 Å². The number of benzene rings is 1. The van der Waals surface area contributed by atoms with Crippen molar-refractivity contribution < 1.29 is 4.74 Å². The van der Waals surface area contributed by atoms with Gasteiger partial charge in [0.05, 0.1) is 5.39 Å². The van der Waals surface area contributed by atoms with E-state index in [1.807, 2.05) is 41.8 Å². The van der Waals surface area contributed by atoms with Crippen LogP contribution in [0, 0.1) is 0 Å². The molecule has 3 rings (SSSR count). The molecule has 0 fully saturated rings. The molecule has 1 aromatic carbocycles. The zero-order chi connectivity index (χ0) is 14.5. The van der Waals surface area contributed by atoms with E-state index in [0.29, 0.717) is 18.4 Å². The Labute approximate surface area is 127 Å². The lowest BCUT2D eigenvalue weighted by Gasteiger charge is -2.09. The van der Waals surface area contributed by atoms with Gasteiger partial charge in [-0.25, -0.2) is 4.98 Å². The molecule has 2 aromatic heterocycles. The molecule has 0 spiro atoms. The summed E-state index contributed by atoms with van der Waals surface area (Å²) in [5.74, 6) is 1.28. The molecular formula is C16H17N3OS. The minimum absolute atomic E-state index is 0.510. The molecule has 3 aromatic rings. The molecule has 2 heterocycles. The van der Waals surface area contributed by atoms with Crippen LogP contribution in [0.15, 0.2) is 41.8 Å². The summed E-state index contributed by atoms with van der Waals surface area (Å²) in [6.07, 6.45) is 1.03. The summed E-state index contributed by atoms with van der Waals surface area (Å²) in [6, 6.07) is 12.1. The fraction of sp³-hybridized carbons (Fsp3) is 0.250. The minimum Gasteiger partial charge on any atom is -0.472 e. The molecule has 1 N–H and O–H groups in total. The second-order valence-corrected chi connectivity index (χ2v) is 5.59. The van der Waals surface area contributed by atoms with Crippen LogP contribution in [-0.4, -0.2) is 16.5 Å². The number of hydrogen-bond donors (Lipinski definition) is 1. The highest BCUT2D eigenvalue weighted by atomic mass is 32.1. The van der Waals surface area contributed by atoms with Gasteiger partial charge in [-0.3, -0.25) is 0 Å². The van der Waals surface area contributed by atoms with Crippen molar-refractivity contribution >= 4 is 27.5 Å². The van der Waals surface area contributed by atoms with Crippen LogP contribution in [0.5, 0.6) is 5.88 Å². The van der Waals surface area contributed by atoms with Crippen LogP contribution in [-0.2, 0) is 6.61 Å². The molecule has 5 heteroatoms. The quantitative estimate of drug-likeness (QED) is 0.744. The van der Waals surface area contributed by atoms with E-state index in [0.717, 1.165) is 28.7 Å². The van der Waals surface area contributed by atoms with Gasteiger partial charge in [0.25, 0.3) is 0 Å². The van der Waals surface area contributed by atoms with Crippen molar-refractivity contribution in [3.05, 3.63) is 47.3 Å². The molecule has 0 saturated heterocycles. The zero-order valence-corrected chi connectivity index (χ0v) is 12.7. The highest BCUT2D eigenvalue weighted by molar-refractivity contribution is 7.16. The highest BCUT2D eigenvalue weighted by Crippen LogP contribution is 2.28. The second-order valence-electron chi connectivity index (χ2n) is 4.69. The van der Waals surface area contributed by atoms with Crippen LogP contribution in [0.4, 0.5) is 5.95 Å². The summed E-state index contributed by atoms with van der Waals surface area (Å²) in [5, 5.41) is 6.20. The predicted octanol–water partition coefficient (Wildman–Crippen LogP) is 4.09. The summed E-state index contributed by atoms with van der Waals surface area (Å²) >= 11 is 1.60. The van der Waals surface area contributed by atoms with E-state index in [9.17, 15) is 0 Å². The maximum Gasteiger partial charge on any atom is 0.227 e. The smallest absolute Gasteiger partial charge is 0.227 e. The summed E-state index contributed by atoms with van der Waals surface area (Å²) in [5.41, 5.74) is 1.13. The maximum atomic E-state index is 5.90. The fourth-order valence-corrected chi connectivity index (χ4v) is 2.73. The van der Waals surface area contributed by atoms with Gasteiger partial charge in [-0.2, -0.15) is 4.98 Å². The molecule has 0 atom stereocenters. The minimum atomic E-state index is 0.510. The Morgan fingerprint density at radius 1 is 1.14 bits per heavy atom. The molecule has 108 valence electrons. The number of fused-ring (bicyclic) bond motifs is 1. The van der Waals surface area contributed by atoms with E-state index >= 15 is 0 Å². The van der Waals surface area contributed by atoms with Gasteiger partial charge in [0.1, 0.15) is 11.4 Å². The molecule has 0 amide bonds. The Morgan fingerprint density at radius 3 is 2.81 bits per heavy atom. The molecule has 21 heavy (non-hydrogen) atoms. The molecule has 0 aliphatic rings. The predicted molar refractivity (Wildman–Crippen MR) is 87.0 cm³/mol. The Bertz CT molecular complexity index is 712. The Balaban J connectivity index is 1.83. The van der Waals surface area contributed by atoms with Crippen molar-refractivity contribution in [1.29, 1.82) is 0 Å². The Kier molecular flexibility index (Phi) is 4.31. The second kappa shape index (κ2) is 6.54. The molecule has 0 radical (unpaired) electrons. The standard InChI is InChI=1S/C16H17N3OS/c1-2-9-17-16-18-14(13-8-10-21-15(13)19-16)20-11-12-6-4-3-5-7-12/h3-8,10H,2,9,11H2,1H3,(H,17,18,19). The van der Waals surface area contributed by atoms with E-state index < -0.39 is 0 Å². The van der Waals surface area contributed by atoms with E-state index in [2.05, 4.69) is 22.2 Å². The number of anilines is 1. The van der Waals surface area contributed by atoms with Gasteiger partial charge in [-0.15, -0.1) is 11.3 Å². The number of thiophene rings is 1. The van der Waals surface area contributed by atoms with Crippen LogP contribution in [0.1, 0.15) is 18.9 Å². The van der Waals surface area contributed by atoms with Crippen LogP contribution in [0.25, 0.3) is 10.2 Å². The van der Waals surface area contributed by atoms with Crippen LogP contribution in [0.2, 0.25) is 0 Å². The lowest BCUT2D eigenvalue weighted by molar-refractivity contribution is 0.298. The topological polar surface area (TPSA) is 47.0 Å². The first-order valence-electron chi connectivity index (χ1n) is 7.02. The summed E-state index contributed by atoms with van der Waals surface area (Å²) in [6.45, 7) is 3.48. The molecule has 4 nitrogen and oxygen atoms in total. The maximum absolute atomic E-state index is 5.90. The number of rotatable bonds is 6. The van der Waals surface area contributed by atoms with Gasteiger partial charge in [0.15, 0.2) is 0 Å². The third-order valence-corrected chi connectivity index (χ3v) is 3.85. The summed E-state index contributed by atoms with van der Waals surface area (Å²) in [4.78, 5) is 9.94. The Hall–Kier alpha value is -2.14. The van der Waals surface area contributed by atoms with Crippen molar-refractivity contribution in [3.63, 3.8) is 0 Å². The molecule has 0 saturated carbocycles. The monoisotopic (exact) mass is 299 g/mol. The molecule has 0 aliphatic heterocycles. The summed E-state index contributed by atoms with van der Waals surface area (Å²) < 4.78 is 5.90. The van der Waals surface area contributed by atoms with Gasteiger partial charge < -0.3 is 10.1 Å². The molecule has 0 aliphatic carbocycles. The van der Waals surface area contributed by atoms with Crippen molar-refractivity contribution in [2.75, 3.05) is 11.9 Å². The van der Waals surface area contributed by atoms with Gasteiger partial charge in [0.2, 0.25) is 11.8 Å².